The molecular weight excluding hydrogens is 384 g/mol. The predicted octanol–water partition coefficient (Wildman–Crippen LogP) is 5.18. The Labute approximate surface area is 175 Å². The summed E-state index contributed by atoms with van der Waals surface area (Å²) < 4.78 is 7.58. The molecule has 0 amide bonds. The molecule has 0 saturated heterocycles. The number of aryl methyl sites for hydroxylation is 1. The van der Waals surface area contributed by atoms with Gasteiger partial charge in [-0.2, -0.15) is 10.4 Å². The number of hydrogen-bond acceptors (Lipinski definition) is 4. The van der Waals surface area contributed by atoms with Crippen molar-refractivity contribution >= 4 is 11.6 Å². The number of nitriles is 1. The Bertz CT molecular complexity index is 1150. The monoisotopic (exact) mass is 404 g/mol. The predicted molar refractivity (Wildman–Crippen MR) is 113 cm³/mol. The van der Waals surface area contributed by atoms with Gasteiger partial charge in [0.2, 0.25) is 11.8 Å². The van der Waals surface area contributed by atoms with Crippen LogP contribution in [0.15, 0.2) is 60.0 Å². The average Bonchev–Trinajstić information content (AvgIpc) is 3.03. The first-order chi connectivity index (χ1) is 13.9. The van der Waals surface area contributed by atoms with Crippen LogP contribution in [-0.4, -0.2) is 9.78 Å². The summed E-state index contributed by atoms with van der Waals surface area (Å²) in [6, 6.07) is 17.9. The molecular formula is C23H21ClN4O. The Morgan fingerprint density at radius 1 is 1.21 bits per heavy atom. The van der Waals surface area contributed by atoms with E-state index in [1.54, 1.807) is 10.7 Å². The topological polar surface area (TPSA) is 76.9 Å². The summed E-state index contributed by atoms with van der Waals surface area (Å²) >= 11 is 6.16. The zero-order valence-corrected chi connectivity index (χ0v) is 17.2. The highest BCUT2D eigenvalue weighted by atomic mass is 35.5. The van der Waals surface area contributed by atoms with E-state index >= 15 is 0 Å². The van der Waals surface area contributed by atoms with Crippen molar-refractivity contribution in [2.45, 2.75) is 32.6 Å². The molecule has 2 aromatic carbocycles. The molecule has 0 fully saturated rings. The van der Waals surface area contributed by atoms with E-state index in [1.165, 1.54) is 5.56 Å². The molecule has 4 rings (SSSR count). The van der Waals surface area contributed by atoms with Gasteiger partial charge in [0, 0.05) is 5.02 Å². The highest BCUT2D eigenvalue weighted by Crippen LogP contribution is 2.44. The van der Waals surface area contributed by atoms with E-state index < -0.39 is 0 Å². The molecule has 1 aliphatic rings. The summed E-state index contributed by atoms with van der Waals surface area (Å²) in [4.78, 5) is 0. The number of nitrogens with two attached hydrogens (primary N) is 1. The summed E-state index contributed by atoms with van der Waals surface area (Å²) in [6.45, 7) is 6.22. The molecule has 2 heterocycles. The van der Waals surface area contributed by atoms with Gasteiger partial charge in [-0.3, -0.25) is 0 Å². The van der Waals surface area contributed by atoms with Gasteiger partial charge in [0.05, 0.1) is 22.9 Å². The lowest BCUT2D eigenvalue weighted by Gasteiger charge is -2.25. The SMILES string of the molecule is Cc1nn(-c2cccc(Cl)c2)c2c1[C@H](c1ccc(C(C)C)cc1)C(C#N)=C(N)O2. The average molecular weight is 405 g/mol. The van der Waals surface area contributed by atoms with Crippen LogP contribution in [0.2, 0.25) is 5.02 Å². The molecule has 0 unspecified atom stereocenters. The maximum atomic E-state index is 9.80. The normalized spacial score (nSPS) is 15.8. The number of hydrogen-bond donors (Lipinski definition) is 1. The molecule has 0 spiro atoms. The number of allylic oxidation sites excluding steroid dienone is 1. The molecule has 1 aromatic heterocycles. The van der Waals surface area contributed by atoms with Gasteiger partial charge < -0.3 is 10.5 Å². The summed E-state index contributed by atoms with van der Waals surface area (Å²) in [6.07, 6.45) is 0. The van der Waals surface area contributed by atoms with E-state index in [1.807, 2.05) is 25.1 Å². The van der Waals surface area contributed by atoms with Crippen molar-refractivity contribution in [3.8, 4) is 17.6 Å². The third-order valence-corrected chi connectivity index (χ3v) is 5.46. The van der Waals surface area contributed by atoms with Gasteiger partial charge in [0.1, 0.15) is 11.6 Å². The molecule has 2 N–H and O–H groups in total. The minimum Gasteiger partial charge on any atom is -0.422 e. The van der Waals surface area contributed by atoms with Crippen molar-refractivity contribution < 1.29 is 4.74 Å². The minimum absolute atomic E-state index is 0.0983. The van der Waals surface area contributed by atoms with E-state index in [9.17, 15) is 5.26 Å². The molecule has 3 aromatic rings. The molecule has 0 radical (unpaired) electrons. The van der Waals surface area contributed by atoms with Crippen LogP contribution in [0, 0.1) is 18.3 Å². The lowest BCUT2D eigenvalue weighted by atomic mass is 9.83. The Morgan fingerprint density at radius 2 is 1.93 bits per heavy atom. The number of aromatic nitrogens is 2. The van der Waals surface area contributed by atoms with Gasteiger partial charge in [-0.05, 0) is 42.2 Å². The lowest BCUT2D eigenvalue weighted by Crippen LogP contribution is -2.22. The van der Waals surface area contributed by atoms with Gasteiger partial charge in [-0.25, -0.2) is 4.68 Å². The van der Waals surface area contributed by atoms with E-state index in [0.717, 1.165) is 22.5 Å². The van der Waals surface area contributed by atoms with E-state index in [-0.39, 0.29) is 11.8 Å². The fourth-order valence-corrected chi connectivity index (χ4v) is 3.89. The summed E-state index contributed by atoms with van der Waals surface area (Å²) in [7, 11) is 0. The minimum atomic E-state index is -0.335. The summed E-state index contributed by atoms with van der Waals surface area (Å²) in [5.74, 6) is 0.705. The molecule has 0 aliphatic carbocycles. The van der Waals surface area contributed by atoms with Crippen LogP contribution < -0.4 is 10.5 Å². The van der Waals surface area contributed by atoms with Gasteiger partial charge >= 0.3 is 0 Å². The molecule has 146 valence electrons. The smallest absolute Gasteiger partial charge is 0.229 e. The summed E-state index contributed by atoms with van der Waals surface area (Å²) in [5.41, 5.74) is 11.2. The highest BCUT2D eigenvalue weighted by Gasteiger charge is 2.36. The molecule has 1 atom stereocenters. The number of fused-ring (bicyclic) bond motifs is 1. The lowest BCUT2D eigenvalue weighted by molar-refractivity contribution is 0.367. The highest BCUT2D eigenvalue weighted by molar-refractivity contribution is 6.30. The first kappa shape index (κ1) is 19.1. The van der Waals surface area contributed by atoms with Gasteiger partial charge in [-0.15, -0.1) is 0 Å². The zero-order chi connectivity index (χ0) is 20.7. The quantitative estimate of drug-likeness (QED) is 0.652. The second kappa shape index (κ2) is 7.31. The first-order valence-electron chi connectivity index (χ1n) is 9.43. The van der Waals surface area contributed by atoms with Crippen molar-refractivity contribution in [3.05, 3.63) is 87.4 Å². The Kier molecular flexibility index (Phi) is 4.81. The number of ether oxygens (including phenoxy) is 1. The molecule has 0 bridgehead atoms. The Morgan fingerprint density at radius 3 is 2.55 bits per heavy atom. The van der Waals surface area contributed by atoms with E-state index in [4.69, 9.17) is 22.1 Å². The molecule has 0 saturated carbocycles. The summed E-state index contributed by atoms with van der Waals surface area (Å²) in [5, 5.41) is 15.1. The van der Waals surface area contributed by atoms with Crippen molar-refractivity contribution in [3.63, 3.8) is 0 Å². The molecule has 1 aliphatic heterocycles. The second-order valence-electron chi connectivity index (χ2n) is 7.44. The standard InChI is InChI=1S/C23H21ClN4O/c1-13(2)15-7-9-16(10-8-15)21-19(12-25)22(26)29-23-20(21)14(3)27-28(23)18-6-4-5-17(24)11-18/h4-11,13,21H,26H2,1-3H3/t21-/m1/s1. The van der Waals surface area contributed by atoms with Crippen molar-refractivity contribution in [1.82, 2.24) is 9.78 Å². The van der Waals surface area contributed by atoms with Crippen LogP contribution in [0.1, 0.15) is 48.1 Å². The van der Waals surface area contributed by atoms with Crippen LogP contribution in [0.4, 0.5) is 0 Å². The number of benzene rings is 2. The van der Waals surface area contributed by atoms with Gasteiger partial charge in [-0.1, -0.05) is 55.8 Å². The molecule has 5 nitrogen and oxygen atoms in total. The van der Waals surface area contributed by atoms with Crippen LogP contribution >= 0.6 is 11.6 Å². The third kappa shape index (κ3) is 3.26. The van der Waals surface area contributed by atoms with Gasteiger partial charge in [0.15, 0.2) is 0 Å². The largest absolute Gasteiger partial charge is 0.422 e. The first-order valence-corrected chi connectivity index (χ1v) is 9.81. The van der Waals surface area contributed by atoms with Crippen LogP contribution in [0.5, 0.6) is 5.88 Å². The Hall–Kier alpha value is -3.23. The van der Waals surface area contributed by atoms with Crippen LogP contribution in [-0.2, 0) is 0 Å². The molecule has 29 heavy (non-hydrogen) atoms. The fraction of sp³-hybridized carbons (Fsp3) is 0.217. The zero-order valence-electron chi connectivity index (χ0n) is 16.5. The van der Waals surface area contributed by atoms with Gasteiger partial charge in [0.25, 0.3) is 0 Å². The fourth-order valence-electron chi connectivity index (χ4n) is 3.70. The van der Waals surface area contributed by atoms with Crippen molar-refractivity contribution in [1.29, 1.82) is 5.26 Å². The second-order valence-corrected chi connectivity index (χ2v) is 7.88. The number of nitrogens with zero attached hydrogens (tertiary/aromatic N) is 3. The maximum absolute atomic E-state index is 9.80. The molecule has 6 heteroatoms. The third-order valence-electron chi connectivity index (χ3n) is 5.22. The van der Waals surface area contributed by atoms with E-state index in [0.29, 0.717) is 22.4 Å². The number of halogens is 1. The van der Waals surface area contributed by atoms with Crippen LogP contribution in [0.25, 0.3) is 5.69 Å². The van der Waals surface area contributed by atoms with Crippen LogP contribution in [0.3, 0.4) is 0 Å². The number of rotatable bonds is 3. The van der Waals surface area contributed by atoms with E-state index in [2.05, 4.69) is 49.3 Å². The maximum Gasteiger partial charge on any atom is 0.229 e. The Balaban J connectivity index is 1.90. The van der Waals surface area contributed by atoms with Crippen molar-refractivity contribution in [2.24, 2.45) is 5.73 Å². The van der Waals surface area contributed by atoms with Crippen molar-refractivity contribution in [2.75, 3.05) is 0 Å².